The van der Waals surface area contributed by atoms with E-state index in [1.807, 2.05) is 19.9 Å². The summed E-state index contributed by atoms with van der Waals surface area (Å²) in [6, 6.07) is 3.75. The molecule has 0 radical (unpaired) electrons. The molecule has 0 saturated heterocycles. The lowest BCUT2D eigenvalue weighted by atomic mass is 9.97. The molecule has 23 heavy (non-hydrogen) atoms. The van der Waals surface area contributed by atoms with Crippen LogP contribution in [0.3, 0.4) is 0 Å². The molecule has 1 aliphatic rings. The second-order valence-electron chi connectivity index (χ2n) is 6.30. The number of ether oxygens (including phenoxy) is 2. The zero-order valence-corrected chi connectivity index (χ0v) is 15.2. The number of allylic oxidation sites excluding steroid dienone is 1. The number of benzene rings is 1. The SMILES string of the molecule is COc1cc(Cl)cc(CNCCC2=CCCCC2)c1OC(C)C. The third kappa shape index (κ3) is 5.74. The molecule has 0 bridgehead atoms. The van der Waals surface area contributed by atoms with E-state index in [0.29, 0.717) is 10.8 Å². The molecule has 0 atom stereocenters. The molecule has 4 heteroatoms. The Hall–Kier alpha value is -1.19. The summed E-state index contributed by atoms with van der Waals surface area (Å²) >= 11 is 6.20. The summed E-state index contributed by atoms with van der Waals surface area (Å²) < 4.78 is 11.4. The Labute approximate surface area is 145 Å². The lowest BCUT2D eigenvalue weighted by molar-refractivity contribution is 0.227. The third-order valence-electron chi connectivity index (χ3n) is 3.99. The van der Waals surface area contributed by atoms with E-state index in [2.05, 4.69) is 11.4 Å². The highest BCUT2D eigenvalue weighted by atomic mass is 35.5. The van der Waals surface area contributed by atoms with E-state index < -0.39 is 0 Å². The molecule has 128 valence electrons. The summed E-state index contributed by atoms with van der Waals surface area (Å²) in [7, 11) is 1.64. The lowest BCUT2D eigenvalue weighted by Gasteiger charge is -2.19. The van der Waals surface area contributed by atoms with Crippen LogP contribution in [-0.4, -0.2) is 19.8 Å². The number of hydrogen-bond acceptors (Lipinski definition) is 3. The maximum absolute atomic E-state index is 6.20. The van der Waals surface area contributed by atoms with Gasteiger partial charge in [0.1, 0.15) is 0 Å². The molecule has 0 fully saturated rings. The van der Waals surface area contributed by atoms with E-state index in [0.717, 1.165) is 30.8 Å². The smallest absolute Gasteiger partial charge is 0.166 e. The fourth-order valence-electron chi connectivity index (χ4n) is 2.88. The van der Waals surface area contributed by atoms with Gasteiger partial charge in [0.05, 0.1) is 13.2 Å². The highest BCUT2D eigenvalue weighted by Crippen LogP contribution is 2.35. The summed E-state index contributed by atoms with van der Waals surface area (Å²) in [6.07, 6.45) is 8.80. The fourth-order valence-corrected chi connectivity index (χ4v) is 3.11. The Morgan fingerprint density at radius 3 is 2.74 bits per heavy atom. The molecule has 0 heterocycles. The second kappa shape index (κ2) is 9.19. The number of rotatable bonds is 8. The molecule has 1 aromatic carbocycles. The quantitative estimate of drug-likeness (QED) is 0.527. The van der Waals surface area contributed by atoms with Gasteiger partial charge in [-0.1, -0.05) is 23.3 Å². The van der Waals surface area contributed by atoms with Crippen molar-refractivity contribution in [2.75, 3.05) is 13.7 Å². The van der Waals surface area contributed by atoms with Crippen molar-refractivity contribution in [3.63, 3.8) is 0 Å². The van der Waals surface area contributed by atoms with Crippen molar-refractivity contribution in [1.82, 2.24) is 5.32 Å². The van der Waals surface area contributed by atoms with Crippen LogP contribution in [0.4, 0.5) is 0 Å². The monoisotopic (exact) mass is 337 g/mol. The first-order chi connectivity index (χ1) is 11.1. The molecule has 1 aromatic rings. The summed E-state index contributed by atoms with van der Waals surface area (Å²) in [6.45, 7) is 5.73. The van der Waals surface area contributed by atoms with Gasteiger partial charge in [0.25, 0.3) is 0 Å². The van der Waals surface area contributed by atoms with Gasteiger partial charge in [-0.25, -0.2) is 0 Å². The van der Waals surface area contributed by atoms with Gasteiger partial charge in [-0.15, -0.1) is 0 Å². The van der Waals surface area contributed by atoms with Crippen molar-refractivity contribution in [3.05, 3.63) is 34.4 Å². The number of halogens is 1. The molecule has 1 N–H and O–H groups in total. The van der Waals surface area contributed by atoms with Crippen LogP contribution in [0.2, 0.25) is 5.02 Å². The summed E-state index contributed by atoms with van der Waals surface area (Å²) in [4.78, 5) is 0. The van der Waals surface area contributed by atoms with Crippen molar-refractivity contribution in [3.8, 4) is 11.5 Å². The maximum Gasteiger partial charge on any atom is 0.166 e. The first-order valence-corrected chi connectivity index (χ1v) is 8.89. The molecule has 0 aliphatic heterocycles. The zero-order valence-electron chi connectivity index (χ0n) is 14.5. The van der Waals surface area contributed by atoms with Crippen molar-refractivity contribution < 1.29 is 9.47 Å². The number of nitrogens with one attached hydrogen (secondary N) is 1. The Morgan fingerprint density at radius 1 is 1.26 bits per heavy atom. The topological polar surface area (TPSA) is 30.5 Å². The standard InChI is InChI=1S/C19H28ClNO2/c1-14(2)23-19-16(11-17(20)12-18(19)22-3)13-21-10-9-15-7-5-4-6-8-15/h7,11-12,14,21H,4-6,8-10,13H2,1-3H3. The molecule has 0 unspecified atom stereocenters. The van der Waals surface area contributed by atoms with Crippen LogP contribution in [-0.2, 0) is 6.54 Å². The van der Waals surface area contributed by atoms with Gasteiger partial charge in [0.2, 0.25) is 0 Å². The Bertz CT molecular complexity index is 540. The molecule has 0 amide bonds. The molecule has 0 aromatic heterocycles. The predicted molar refractivity (Wildman–Crippen MR) is 96.6 cm³/mol. The van der Waals surface area contributed by atoms with Gasteiger partial charge in [-0.2, -0.15) is 0 Å². The Balaban J connectivity index is 1.97. The van der Waals surface area contributed by atoms with E-state index >= 15 is 0 Å². The fraction of sp³-hybridized carbons (Fsp3) is 0.579. The molecule has 2 rings (SSSR count). The summed E-state index contributed by atoms with van der Waals surface area (Å²) in [5.41, 5.74) is 2.63. The van der Waals surface area contributed by atoms with E-state index in [1.54, 1.807) is 18.7 Å². The minimum absolute atomic E-state index is 0.0937. The van der Waals surface area contributed by atoms with Crippen LogP contribution >= 0.6 is 11.6 Å². The first kappa shape index (κ1) is 18.2. The largest absolute Gasteiger partial charge is 0.493 e. The third-order valence-corrected chi connectivity index (χ3v) is 4.21. The Morgan fingerprint density at radius 2 is 2.09 bits per heavy atom. The van der Waals surface area contributed by atoms with E-state index in [4.69, 9.17) is 21.1 Å². The van der Waals surface area contributed by atoms with E-state index in [9.17, 15) is 0 Å². The van der Waals surface area contributed by atoms with Crippen LogP contribution in [0, 0.1) is 0 Å². The van der Waals surface area contributed by atoms with E-state index in [-0.39, 0.29) is 6.10 Å². The first-order valence-electron chi connectivity index (χ1n) is 8.52. The van der Waals surface area contributed by atoms with Crippen LogP contribution < -0.4 is 14.8 Å². The average molecular weight is 338 g/mol. The molecule has 1 aliphatic carbocycles. The molecule has 0 spiro atoms. The van der Waals surface area contributed by atoms with Crippen molar-refractivity contribution in [2.45, 2.75) is 58.6 Å². The minimum Gasteiger partial charge on any atom is -0.493 e. The predicted octanol–water partition coefficient (Wildman–Crippen LogP) is 5.12. The maximum atomic E-state index is 6.20. The molecular weight excluding hydrogens is 310 g/mol. The van der Waals surface area contributed by atoms with Crippen molar-refractivity contribution in [2.24, 2.45) is 0 Å². The molecule has 3 nitrogen and oxygen atoms in total. The van der Waals surface area contributed by atoms with Gasteiger partial charge in [-0.3, -0.25) is 0 Å². The summed E-state index contributed by atoms with van der Waals surface area (Å²) in [5.74, 6) is 1.48. The van der Waals surface area contributed by atoms with Gasteiger partial charge in [-0.05, 0) is 58.6 Å². The highest BCUT2D eigenvalue weighted by Gasteiger charge is 2.14. The molecular formula is C19H28ClNO2. The van der Waals surface area contributed by atoms with Gasteiger partial charge in [0, 0.05) is 23.2 Å². The highest BCUT2D eigenvalue weighted by molar-refractivity contribution is 6.30. The van der Waals surface area contributed by atoms with Crippen LogP contribution in [0.25, 0.3) is 0 Å². The van der Waals surface area contributed by atoms with Gasteiger partial charge >= 0.3 is 0 Å². The normalized spacial score (nSPS) is 14.7. The van der Waals surface area contributed by atoms with Crippen molar-refractivity contribution >= 4 is 11.6 Å². The zero-order chi connectivity index (χ0) is 16.7. The van der Waals surface area contributed by atoms with Gasteiger partial charge in [0.15, 0.2) is 11.5 Å². The Kier molecular flexibility index (Phi) is 7.25. The summed E-state index contributed by atoms with van der Waals surface area (Å²) in [5, 5.41) is 4.18. The minimum atomic E-state index is 0.0937. The van der Waals surface area contributed by atoms with Crippen LogP contribution in [0.15, 0.2) is 23.8 Å². The van der Waals surface area contributed by atoms with Crippen molar-refractivity contribution in [1.29, 1.82) is 0 Å². The molecule has 0 saturated carbocycles. The lowest BCUT2D eigenvalue weighted by Crippen LogP contribution is -2.17. The van der Waals surface area contributed by atoms with Crippen LogP contribution in [0.5, 0.6) is 11.5 Å². The van der Waals surface area contributed by atoms with Crippen LogP contribution in [0.1, 0.15) is 51.5 Å². The van der Waals surface area contributed by atoms with Gasteiger partial charge < -0.3 is 14.8 Å². The number of methoxy groups -OCH3 is 1. The van der Waals surface area contributed by atoms with E-state index in [1.165, 1.54) is 25.7 Å². The number of hydrogen-bond donors (Lipinski definition) is 1. The average Bonchev–Trinajstić information content (AvgIpc) is 2.54. The second-order valence-corrected chi connectivity index (χ2v) is 6.73.